The molecule has 0 aromatic carbocycles. The van der Waals surface area contributed by atoms with Gasteiger partial charge in [-0.3, -0.25) is 0 Å². The number of rotatable bonds is 14. The molecule has 0 radical (unpaired) electrons. The second kappa shape index (κ2) is 25.5. The lowest BCUT2D eigenvalue weighted by molar-refractivity contribution is -0.472. The summed E-state index contributed by atoms with van der Waals surface area (Å²) in [6.07, 6.45) is -8.44. The Labute approximate surface area is 495 Å². The zero-order valence-corrected chi connectivity index (χ0v) is 51.3. The van der Waals surface area contributed by atoms with Gasteiger partial charge in [-0.25, -0.2) is 4.89 Å². The smallest absolute Gasteiger partial charge is 0.228 e. The molecule has 7 heterocycles. The van der Waals surface area contributed by atoms with Gasteiger partial charge in [0.25, 0.3) is 0 Å². The van der Waals surface area contributed by atoms with Crippen molar-refractivity contribution >= 4 is 0 Å². The number of hydrogen-bond donors (Lipinski definition) is 6. The van der Waals surface area contributed by atoms with E-state index < -0.39 is 165 Å². The first-order chi connectivity index (χ1) is 39.9. The molecule has 0 unspecified atom stereocenters. The fourth-order valence-corrected chi connectivity index (χ4v) is 17.4. The van der Waals surface area contributed by atoms with Crippen LogP contribution in [0.5, 0.6) is 0 Å². The van der Waals surface area contributed by atoms with Gasteiger partial charge < -0.3 is 102 Å². The Balaban J connectivity index is 0.638. The van der Waals surface area contributed by atoms with Crippen molar-refractivity contribution in [1.82, 2.24) is 0 Å². The molecule has 0 bridgehead atoms. The molecule has 23 heteroatoms. The molecule has 11 rings (SSSR count). The minimum atomic E-state index is -1.35. The topological polar surface area (TPSA) is 278 Å². The Kier molecular flexibility index (Phi) is 19.5. The second-order valence-electron chi connectivity index (χ2n) is 27.3. The van der Waals surface area contributed by atoms with E-state index in [1.54, 1.807) is 34.8 Å². The van der Waals surface area contributed by atoms with Gasteiger partial charge in [-0.05, 0) is 123 Å². The highest BCUT2D eigenvalue weighted by molar-refractivity contribution is 5.26. The maximum absolute atomic E-state index is 12.8. The van der Waals surface area contributed by atoms with Crippen LogP contribution in [0, 0.1) is 28.6 Å². The predicted molar refractivity (Wildman–Crippen MR) is 293 cm³/mol. The molecule has 482 valence electrons. The fourth-order valence-electron chi connectivity index (χ4n) is 17.4. The second-order valence-corrected chi connectivity index (χ2v) is 27.3. The lowest BCUT2D eigenvalue weighted by Gasteiger charge is -2.59. The van der Waals surface area contributed by atoms with E-state index >= 15 is 0 Å². The van der Waals surface area contributed by atoms with Crippen molar-refractivity contribution in [3.63, 3.8) is 0 Å². The van der Waals surface area contributed by atoms with Crippen LogP contribution in [0.1, 0.15) is 146 Å². The third-order valence-electron chi connectivity index (χ3n) is 22.3. The highest BCUT2D eigenvalue weighted by Gasteiger charge is 2.66. The van der Waals surface area contributed by atoms with Crippen LogP contribution in [-0.2, 0) is 80.8 Å². The minimum absolute atomic E-state index is 0.0303. The minimum Gasteiger partial charge on any atom is -0.393 e. The number of ether oxygens (including phenoxy) is 15. The first-order valence-electron chi connectivity index (χ1n) is 31.5. The van der Waals surface area contributed by atoms with Gasteiger partial charge in [0.2, 0.25) is 5.79 Å². The van der Waals surface area contributed by atoms with E-state index in [0.717, 1.165) is 44.9 Å². The normalized spacial score (nSPS) is 54.8. The molecule has 84 heavy (non-hydrogen) atoms. The molecule has 1 spiro atoms. The first-order valence-corrected chi connectivity index (χ1v) is 31.5. The average molecular weight is 1200 g/mol. The van der Waals surface area contributed by atoms with E-state index in [1.165, 1.54) is 19.8 Å². The maximum Gasteiger partial charge on any atom is 0.228 e. The summed E-state index contributed by atoms with van der Waals surface area (Å²) in [5, 5.41) is 67.7. The van der Waals surface area contributed by atoms with Crippen molar-refractivity contribution in [3.8, 4) is 0 Å². The van der Waals surface area contributed by atoms with Gasteiger partial charge in [-0.1, -0.05) is 25.5 Å². The zero-order valence-electron chi connectivity index (χ0n) is 51.3. The van der Waals surface area contributed by atoms with Crippen molar-refractivity contribution in [2.45, 2.75) is 317 Å². The zero-order chi connectivity index (χ0) is 59.9. The largest absolute Gasteiger partial charge is 0.393 e. The van der Waals surface area contributed by atoms with Gasteiger partial charge in [-0.15, -0.1) is 0 Å². The third kappa shape index (κ3) is 12.0. The van der Waals surface area contributed by atoms with Crippen LogP contribution in [0.4, 0.5) is 0 Å². The monoisotopic (exact) mass is 1200 g/mol. The summed E-state index contributed by atoms with van der Waals surface area (Å²) in [5.41, 5.74) is 0.214. The highest BCUT2D eigenvalue weighted by Crippen LogP contribution is 2.68. The molecule has 0 aromatic heterocycles. The summed E-state index contributed by atoms with van der Waals surface area (Å²) in [6, 6.07) is 0. The van der Waals surface area contributed by atoms with Gasteiger partial charge in [-0.2, -0.15) is 4.89 Å². The van der Waals surface area contributed by atoms with E-state index in [-0.39, 0.29) is 49.2 Å². The van der Waals surface area contributed by atoms with E-state index in [9.17, 15) is 30.6 Å². The fraction of sp³-hybridized carbons (Fsp3) is 0.967. The highest BCUT2D eigenvalue weighted by atomic mass is 17.2. The molecule has 23 nitrogen and oxygen atoms in total. The summed E-state index contributed by atoms with van der Waals surface area (Å²) >= 11 is 0. The molecule has 6 N–H and O–H groups in total. The van der Waals surface area contributed by atoms with E-state index in [2.05, 4.69) is 19.9 Å². The molecule has 3 saturated carbocycles. The lowest BCUT2D eigenvalue weighted by atomic mass is 9.46. The molecule has 33 atom stereocenters. The van der Waals surface area contributed by atoms with Gasteiger partial charge in [0.1, 0.15) is 55.4 Å². The number of hydrogen-bond acceptors (Lipinski definition) is 23. The SMILES string of the molecule is CO[C@H]1[C@H](O)[C@@H](O[C@@H]2[C@@H](C)O[C@@H](O[C@H]3[C@H](O)C[C@H](O[C@H]4[C@H](O)C[C@H](O[C@@H]5[C@@H](C)O[C@@]6(CO[C@H]7C[C@@H](O[C@H](C)[C@]8(O)CC[C@H]9[C@@H]%10CC=C%11C[C@@H](O)CC[C@]%11(C)[C@@H]%10CC[C@]98C)O[C@@H](C)[C@@H]7OO6)C[C@H]5OC)O[C@@H]4C)O[C@@H]3C)C[C@H]2OC)O[C@@H](C)[C@@H]1O. The van der Waals surface area contributed by atoms with Crippen LogP contribution in [0.25, 0.3) is 0 Å². The van der Waals surface area contributed by atoms with Crippen molar-refractivity contribution in [1.29, 1.82) is 0 Å². The maximum atomic E-state index is 12.8. The Morgan fingerprint density at radius 2 is 1.20 bits per heavy atom. The van der Waals surface area contributed by atoms with E-state index in [1.807, 2.05) is 20.8 Å². The quantitative estimate of drug-likeness (QED) is 0.106. The van der Waals surface area contributed by atoms with Gasteiger partial charge >= 0.3 is 0 Å². The van der Waals surface area contributed by atoms with Crippen molar-refractivity contribution in [3.05, 3.63) is 11.6 Å². The van der Waals surface area contributed by atoms with Crippen LogP contribution in [0.15, 0.2) is 11.6 Å². The number of fused-ring (bicyclic) bond motifs is 6. The summed E-state index contributed by atoms with van der Waals surface area (Å²) in [6.45, 7) is 17.5. The molecule has 0 aromatic rings. The van der Waals surface area contributed by atoms with Gasteiger partial charge in [0.05, 0.1) is 85.0 Å². The first kappa shape index (κ1) is 64.4. The Morgan fingerprint density at radius 1 is 0.595 bits per heavy atom. The van der Waals surface area contributed by atoms with Crippen molar-refractivity contribution < 1.29 is 111 Å². The molecular weight excluding hydrogens is 1100 g/mol. The van der Waals surface area contributed by atoms with Crippen LogP contribution in [0.3, 0.4) is 0 Å². The molecule has 4 aliphatic carbocycles. The number of aliphatic hydroxyl groups excluding tert-OH is 5. The summed E-state index contributed by atoms with van der Waals surface area (Å²) in [5.74, 6) is 0.0831. The number of methoxy groups -OCH3 is 3. The molecule has 10 fully saturated rings. The average Bonchev–Trinajstić information content (AvgIpc) is 1.46. The standard InChI is InChI=1S/C61H100O23/c1-28-49(65)56(70-12)50(66)57(76-28)81-53-31(4)74-48(24-42(53)68-10)79-52-30(3)72-45(22-40(52)63)78-51-29(2)73-46(23-41(51)64)80-54-33(6)82-60(26-44(54)69-11)27-71-43-25-47(75-32(5)55(43)83-84-60)77-34(7)61(67)20-17-39-37-14-13-35-21-36(62)15-18-58(35,8)38(37)16-19-59(39,61)9/h13,28-34,36-57,62-67H,14-27H2,1-12H3/t28-,29+,30+,31+,32-,33+,34+,36-,37+,38+,39-,40+,41+,42+,43-,44+,45-,46-,47+,48-,49-,50-,51+,52+,53+,54+,55-,56+,57+,58-,59+,60-,61+/m0/s1. The molecule has 7 saturated heterocycles. The summed E-state index contributed by atoms with van der Waals surface area (Å²) in [7, 11) is 4.54. The van der Waals surface area contributed by atoms with Crippen LogP contribution < -0.4 is 0 Å². The van der Waals surface area contributed by atoms with Gasteiger partial charge in [0, 0.05) is 58.8 Å². The van der Waals surface area contributed by atoms with E-state index in [4.69, 9.17) is 80.8 Å². The molecular formula is C61H100O23. The number of aliphatic hydroxyl groups is 6. The Bertz CT molecular complexity index is 2210. The lowest BCUT2D eigenvalue weighted by Crippen LogP contribution is -2.61. The summed E-state index contributed by atoms with van der Waals surface area (Å²) in [4.78, 5) is 12.4. The predicted octanol–water partition coefficient (Wildman–Crippen LogP) is 3.98. The van der Waals surface area contributed by atoms with Gasteiger partial charge in [0.15, 0.2) is 31.5 Å². The van der Waals surface area contributed by atoms with Crippen LogP contribution >= 0.6 is 0 Å². The summed E-state index contributed by atoms with van der Waals surface area (Å²) < 4.78 is 93.8. The molecule has 11 aliphatic rings. The third-order valence-corrected chi connectivity index (χ3v) is 22.3. The van der Waals surface area contributed by atoms with Crippen molar-refractivity contribution in [2.75, 3.05) is 27.9 Å². The molecule has 7 aliphatic heterocycles. The van der Waals surface area contributed by atoms with Crippen LogP contribution in [0.2, 0.25) is 0 Å². The number of allylic oxidation sites excluding steroid dienone is 1. The Hall–Kier alpha value is -1.18. The van der Waals surface area contributed by atoms with Crippen molar-refractivity contribution in [2.24, 2.45) is 28.6 Å². The van der Waals surface area contributed by atoms with E-state index in [0.29, 0.717) is 30.6 Å². The van der Waals surface area contributed by atoms with Crippen LogP contribution in [-0.4, -0.2) is 230 Å². The molecule has 0 amide bonds. The Morgan fingerprint density at radius 3 is 1.85 bits per heavy atom.